The van der Waals surface area contributed by atoms with Crippen molar-refractivity contribution < 1.29 is 12.6 Å². The largest absolute Gasteiger partial charge is 0.455 e. The van der Waals surface area contributed by atoms with Gasteiger partial charge < -0.3 is 4.42 Å². The topological polar surface area (TPSA) is 13.1 Å². The molecule has 1 aromatic heterocycles. The van der Waals surface area contributed by atoms with Crippen LogP contribution in [0.4, 0.5) is 0 Å². The summed E-state index contributed by atoms with van der Waals surface area (Å²) < 4.78 is 54.9. The number of rotatable bonds is 1. The number of para-hydroxylation sites is 1. The molecule has 1 nitrogen and oxygen atoms in total. The highest BCUT2D eigenvalue weighted by Crippen LogP contribution is 2.36. The van der Waals surface area contributed by atoms with E-state index in [2.05, 4.69) is 0 Å². The lowest BCUT2D eigenvalue weighted by molar-refractivity contribution is 0.670. The summed E-state index contributed by atoms with van der Waals surface area (Å²) in [6.07, 6.45) is 0. The van der Waals surface area contributed by atoms with Crippen LogP contribution in [0.3, 0.4) is 0 Å². The Morgan fingerprint density at radius 2 is 1.75 bits per heavy atom. The first kappa shape index (κ1) is 6.76. The molecule has 20 heavy (non-hydrogen) atoms. The molecular formula is C19H14O. The van der Waals surface area contributed by atoms with Gasteiger partial charge in [-0.3, -0.25) is 0 Å². The second-order valence-electron chi connectivity index (χ2n) is 4.63. The van der Waals surface area contributed by atoms with Gasteiger partial charge in [-0.1, -0.05) is 48.5 Å². The van der Waals surface area contributed by atoms with Crippen molar-refractivity contribution in [1.29, 1.82) is 0 Å². The Morgan fingerprint density at radius 3 is 2.60 bits per heavy atom. The molecule has 0 aliphatic rings. The van der Waals surface area contributed by atoms with Crippen molar-refractivity contribution >= 4 is 21.9 Å². The van der Waals surface area contributed by atoms with Crippen LogP contribution in [0.15, 0.2) is 71.0 Å². The maximum atomic E-state index is 8.47. The van der Waals surface area contributed by atoms with Crippen molar-refractivity contribution in [3.63, 3.8) is 0 Å². The minimum atomic E-state index is -0.378. The summed E-state index contributed by atoms with van der Waals surface area (Å²) in [5, 5.41) is 0.510. The summed E-state index contributed by atoms with van der Waals surface area (Å²) in [4.78, 5) is 0. The van der Waals surface area contributed by atoms with Crippen LogP contribution >= 0.6 is 0 Å². The maximum Gasteiger partial charge on any atom is 0.143 e. The molecule has 3 aromatic carbocycles. The Morgan fingerprint density at radius 1 is 0.950 bits per heavy atom. The number of benzene rings is 3. The van der Waals surface area contributed by atoms with E-state index >= 15 is 0 Å². The molecule has 96 valence electrons. The van der Waals surface area contributed by atoms with Crippen LogP contribution < -0.4 is 0 Å². The highest BCUT2D eigenvalue weighted by molar-refractivity contribution is 6.09. The smallest absolute Gasteiger partial charge is 0.143 e. The molecule has 0 aliphatic heterocycles. The number of hydrogen-bond acceptors (Lipinski definition) is 1. The van der Waals surface area contributed by atoms with Gasteiger partial charge in [0, 0.05) is 16.3 Å². The Labute approximate surface area is 125 Å². The number of hydrogen-bond donors (Lipinski definition) is 0. The van der Waals surface area contributed by atoms with E-state index < -0.39 is 0 Å². The van der Waals surface area contributed by atoms with E-state index in [0.29, 0.717) is 16.5 Å². The molecule has 0 bridgehead atoms. The third kappa shape index (κ3) is 1.64. The maximum absolute atomic E-state index is 8.47. The first-order chi connectivity index (χ1) is 12.3. The normalized spacial score (nSPS) is 15.4. The quantitative estimate of drug-likeness (QED) is 0.438. The number of furan rings is 1. The molecule has 1 heterocycles. The summed E-state index contributed by atoms with van der Waals surface area (Å²) >= 11 is 0. The van der Waals surface area contributed by atoms with Crippen LogP contribution in [0.2, 0.25) is 0 Å². The molecule has 0 aliphatic carbocycles. The first-order valence-electron chi connectivity index (χ1n) is 9.32. The van der Waals surface area contributed by atoms with Crippen LogP contribution in [0.25, 0.3) is 33.1 Å². The fraction of sp³-hybridized carbons (Fsp3) is 0.0526. The SMILES string of the molecule is [2H]c1c([2H])c([2H])c2c(oc3c(-c4ccccc4)c([2H])c(C)c([2H])c32)c1[2H]. The molecular weight excluding hydrogens is 244 g/mol. The third-order valence-corrected chi connectivity index (χ3v) is 3.25. The molecule has 4 aromatic rings. The number of fused-ring (bicyclic) bond motifs is 3. The molecule has 0 atom stereocenters. The van der Waals surface area contributed by atoms with Gasteiger partial charge in [-0.25, -0.2) is 0 Å². The summed E-state index contributed by atoms with van der Waals surface area (Å²) in [5.74, 6) is 0. The van der Waals surface area contributed by atoms with Gasteiger partial charge in [0.25, 0.3) is 0 Å². The van der Waals surface area contributed by atoms with E-state index in [1.54, 1.807) is 6.92 Å². The van der Waals surface area contributed by atoms with Crippen molar-refractivity contribution in [2.24, 2.45) is 0 Å². The van der Waals surface area contributed by atoms with E-state index in [4.69, 9.17) is 12.6 Å². The minimum Gasteiger partial charge on any atom is -0.455 e. The van der Waals surface area contributed by atoms with Crippen LogP contribution in [0.1, 0.15) is 13.8 Å². The van der Waals surface area contributed by atoms with Crippen molar-refractivity contribution in [2.45, 2.75) is 6.92 Å². The van der Waals surface area contributed by atoms with Gasteiger partial charge in [0.15, 0.2) is 0 Å². The molecule has 0 radical (unpaired) electrons. The molecule has 0 amide bonds. The van der Waals surface area contributed by atoms with Gasteiger partial charge in [0.1, 0.15) is 11.2 Å². The molecule has 0 spiro atoms. The van der Waals surface area contributed by atoms with E-state index in [1.807, 2.05) is 30.3 Å². The van der Waals surface area contributed by atoms with Gasteiger partial charge in [-0.2, -0.15) is 0 Å². The van der Waals surface area contributed by atoms with Crippen LogP contribution in [0.5, 0.6) is 0 Å². The fourth-order valence-electron chi connectivity index (χ4n) is 2.39. The Balaban J connectivity index is 2.32. The van der Waals surface area contributed by atoms with Crippen molar-refractivity contribution in [1.82, 2.24) is 0 Å². The fourth-order valence-corrected chi connectivity index (χ4v) is 2.39. The van der Waals surface area contributed by atoms with E-state index in [-0.39, 0.29) is 52.8 Å². The average molecular weight is 264 g/mol. The van der Waals surface area contributed by atoms with Crippen LogP contribution in [0, 0.1) is 6.92 Å². The zero-order chi connectivity index (χ0) is 18.7. The van der Waals surface area contributed by atoms with E-state index in [0.717, 1.165) is 5.56 Å². The summed E-state index contributed by atoms with van der Waals surface area (Å²) in [5.41, 5.74) is 1.93. The Hall–Kier alpha value is -2.54. The predicted octanol–water partition coefficient (Wildman–Crippen LogP) is 5.56. The highest BCUT2D eigenvalue weighted by atomic mass is 16.3. The van der Waals surface area contributed by atoms with E-state index in [9.17, 15) is 0 Å². The zero-order valence-electron chi connectivity index (χ0n) is 16.8. The predicted molar refractivity (Wildman–Crippen MR) is 83.9 cm³/mol. The van der Waals surface area contributed by atoms with Crippen molar-refractivity contribution in [3.05, 3.63) is 72.1 Å². The van der Waals surface area contributed by atoms with E-state index in [1.165, 1.54) is 0 Å². The van der Waals surface area contributed by atoms with Crippen LogP contribution in [-0.4, -0.2) is 0 Å². The van der Waals surface area contributed by atoms with Crippen molar-refractivity contribution in [3.8, 4) is 11.1 Å². The molecule has 0 N–H and O–H groups in total. The van der Waals surface area contributed by atoms with Gasteiger partial charge >= 0.3 is 0 Å². The Bertz CT molecular complexity index is 1190. The molecule has 0 saturated carbocycles. The van der Waals surface area contributed by atoms with Crippen LogP contribution in [-0.2, 0) is 0 Å². The first-order valence-corrected chi connectivity index (χ1v) is 6.32. The molecule has 0 fully saturated rings. The van der Waals surface area contributed by atoms with Gasteiger partial charge in [-0.05, 0) is 36.2 Å². The second-order valence-corrected chi connectivity index (χ2v) is 4.63. The minimum absolute atomic E-state index is 0.0154. The standard InChI is InChI=1S/C19H14O/c1-13-11-16(14-7-3-2-4-8-14)19-17(12-13)15-9-5-6-10-18(15)20-19/h2-12H,1H3/i5D,6D,9D,10D,11D,12D. The molecule has 1 heteroatoms. The lowest BCUT2D eigenvalue weighted by Gasteiger charge is -2.04. The summed E-state index contributed by atoms with van der Waals surface area (Å²) in [6.45, 7) is 1.67. The monoisotopic (exact) mass is 264 g/mol. The van der Waals surface area contributed by atoms with Crippen molar-refractivity contribution in [2.75, 3.05) is 0 Å². The highest BCUT2D eigenvalue weighted by Gasteiger charge is 2.12. The molecule has 0 unspecified atom stereocenters. The molecule has 0 saturated heterocycles. The van der Waals surface area contributed by atoms with Gasteiger partial charge in [-0.15, -0.1) is 0 Å². The Kier molecular flexibility index (Phi) is 1.43. The molecule has 4 rings (SSSR count). The lowest BCUT2D eigenvalue weighted by Crippen LogP contribution is -1.81. The third-order valence-electron chi connectivity index (χ3n) is 3.25. The lowest BCUT2D eigenvalue weighted by atomic mass is 10.00. The second kappa shape index (κ2) is 4.24. The van der Waals surface area contributed by atoms with Gasteiger partial charge in [0.2, 0.25) is 0 Å². The summed E-state index contributed by atoms with van der Waals surface area (Å²) in [7, 11) is 0. The summed E-state index contributed by atoms with van der Waals surface area (Å²) in [6, 6.07) is 8.15. The zero-order valence-corrected chi connectivity index (χ0v) is 10.8. The average Bonchev–Trinajstić information content (AvgIpc) is 3.04. The van der Waals surface area contributed by atoms with Gasteiger partial charge in [0.05, 0.1) is 8.22 Å².